The van der Waals surface area contributed by atoms with E-state index in [4.69, 9.17) is 11.6 Å². The van der Waals surface area contributed by atoms with Crippen LogP contribution in [0.4, 0.5) is 0 Å². The number of carbonyl (C=O) groups excluding carboxylic acids is 1. The highest BCUT2D eigenvalue weighted by atomic mass is 35.5. The summed E-state index contributed by atoms with van der Waals surface area (Å²) < 4.78 is 0. The summed E-state index contributed by atoms with van der Waals surface area (Å²) in [5.74, 6) is -0.361. The van der Waals surface area contributed by atoms with Gasteiger partial charge in [-0.3, -0.25) is 9.89 Å². The normalized spacial score (nSPS) is 11.7. The zero-order valence-electron chi connectivity index (χ0n) is 16.5. The van der Waals surface area contributed by atoms with Gasteiger partial charge in [0.15, 0.2) is 5.69 Å². The molecule has 0 aliphatic heterocycles. The monoisotopic (exact) mass is 410 g/mol. The molecule has 0 aliphatic rings. The molecule has 0 atom stereocenters. The average Bonchev–Trinajstić information content (AvgIpc) is 3.17. The van der Waals surface area contributed by atoms with Gasteiger partial charge in [0.1, 0.15) is 5.75 Å². The lowest BCUT2D eigenvalue weighted by molar-refractivity contribution is 0.0950. The van der Waals surface area contributed by atoms with Crippen molar-refractivity contribution >= 4 is 23.7 Å². The van der Waals surface area contributed by atoms with E-state index in [1.807, 2.05) is 51.1 Å². The van der Waals surface area contributed by atoms with Crippen molar-refractivity contribution in [2.24, 2.45) is 5.10 Å². The number of amides is 1. The molecule has 1 amide bonds. The third-order valence-corrected chi connectivity index (χ3v) is 4.80. The zero-order chi connectivity index (χ0) is 21.0. The van der Waals surface area contributed by atoms with Gasteiger partial charge in [0.05, 0.1) is 6.21 Å². The molecule has 3 N–H and O–H groups in total. The quantitative estimate of drug-likeness (QED) is 0.429. The van der Waals surface area contributed by atoms with E-state index in [-0.39, 0.29) is 16.9 Å². The number of rotatable bonds is 5. The fourth-order valence-corrected chi connectivity index (χ4v) is 2.92. The van der Waals surface area contributed by atoms with Crippen LogP contribution in [0, 0.1) is 0 Å². The molecule has 7 heteroatoms. The van der Waals surface area contributed by atoms with Crippen molar-refractivity contribution in [1.29, 1.82) is 0 Å². The van der Waals surface area contributed by atoms with E-state index in [1.165, 1.54) is 6.21 Å². The Balaban J connectivity index is 1.69. The summed E-state index contributed by atoms with van der Waals surface area (Å²) in [6.07, 6.45) is 2.02. The molecule has 0 saturated carbocycles. The van der Waals surface area contributed by atoms with Gasteiger partial charge in [-0.25, -0.2) is 5.43 Å². The second-order valence-corrected chi connectivity index (χ2v) is 8.18. The molecule has 0 spiro atoms. The minimum absolute atomic E-state index is 0.0701. The van der Waals surface area contributed by atoms with Crippen LogP contribution in [0.1, 0.15) is 53.6 Å². The van der Waals surface area contributed by atoms with Crippen molar-refractivity contribution in [2.75, 3.05) is 0 Å². The Hall–Kier alpha value is -3.12. The number of H-pyrrole nitrogens is 1. The van der Waals surface area contributed by atoms with E-state index >= 15 is 0 Å². The fraction of sp³-hybridized carbons (Fsp3) is 0.227. The van der Waals surface area contributed by atoms with Crippen molar-refractivity contribution in [3.8, 4) is 5.75 Å². The number of hydrazone groups is 1. The maximum absolute atomic E-state index is 12.2. The van der Waals surface area contributed by atoms with E-state index < -0.39 is 5.91 Å². The van der Waals surface area contributed by atoms with Crippen molar-refractivity contribution in [3.05, 3.63) is 81.6 Å². The number of halogens is 1. The summed E-state index contributed by atoms with van der Waals surface area (Å²) in [5, 5.41) is 21.6. The van der Waals surface area contributed by atoms with Gasteiger partial charge in [-0.2, -0.15) is 10.2 Å². The summed E-state index contributed by atoms with van der Waals surface area (Å²) in [7, 11) is 0. The Morgan fingerprint density at radius 2 is 2.00 bits per heavy atom. The van der Waals surface area contributed by atoms with Crippen LogP contribution in [0.3, 0.4) is 0 Å². The van der Waals surface area contributed by atoms with Crippen LogP contribution < -0.4 is 5.43 Å². The Labute approximate surface area is 174 Å². The number of hydrogen-bond donors (Lipinski definition) is 3. The second-order valence-electron chi connectivity index (χ2n) is 7.78. The lowest BCUT2D eigenvalue weighted by Gasteiger charge is -2.14. The maximum Gasteiger partial charge on any atom is 0.291 e. The lowest BCUT2D eigenvalue weighted by Crippen LogP contribution is -2.18. The molecule has 29 heavy (non-hydrogen) atoms. The van der Waals surface area contributed by atoms with E-state index in [9.17, 15) is 9.90 Å². The first-order chi connectivity index (χ1) is 13.7. The Bertz CT molecular complexity index is 1050. The first kappa shape index (κ1) is 20.6. The Kier molecular flexibility index (Phi) is 6.03. The Morgan fingerprint density at radius 1 is 1.24 bits per heavy atom. The van der Waals surface area contributed by atoms with Gasteiger partial charge in [0.2, 0.25) is 0 Å². The smallest absolute Gasteiger partial charge is 0.291 e. The van der Waals surface area contributed by atoms with Gasteiger partial charge in [0.25, 0.3) is 5.91 Å². The van der Waals surface area contributed by atoms with Crippen LogP contribution in [-0.4, -0.2) is 27.4 Å². The molecular weight excluding hydrogens is 388 g/mol. The number of aromatic hydroxyl groups is 1. The summed E-state index contributed by atoms with van der Waals surface area (Å²) in [4.78, 5) is 12.2. The standard InChI is InChI=1S/C22H23ClN4O2/c1-22(2,3)20-12-18(25-26-20)21(29)27-24-13-16-11-14(8-9-19(16)28)10-15-6-4-5-7-17(15)23/h4-9,11-13,28H,10H2,1-3H3,(H,25,26)(H,27,29)/b24-13+. The van der Waals surface area contributed by atoms with E-state index in [2.05, 4.69) is 20.7 Å². The van der Waals surface area contributed by atoms with Gasteiger partial charge >= 0.3 is 0 Å². The molecule has 1 aromatic heterocycles. The molecule has 3 aromatic rings. The van der Waals surface area contributed by atoms with Crippen LogP contribution in [0.25, 0.3) is 0 Å². The van der Waals surface area contributed by atoms with Crippen LogP contribution in [0.15, 0.2) is 53.6 Å². The minimum Gasteiger partial charge on any atom is -0.507 e. The van der Waals surface area contributed by atoms with Crippen molar-refractivity contribution in [3.63, 3.8) is 0 Å². The van der Waals surface area contributed by atoms with Crippen LogP contribution >= 0.6 is 11.6 Å². The predicted octanol–water partition coefficient (Wildman–Crippen LogP) is 4.42. The molecule has 3 rings (SSSR count). The summed E-state index contributed by atoms with van der Waals surface area (Å²) in [5.41, 5.74) is 5.86. The number of phenols is 1. The first-order valence-corrected chi connectivity index (χ1v) is 9.56. The number of phenolic OH excluding ortho intramolecular Hbond substituents is 1. The summed E-state index contributed by atoms with van der Waals surface area (Å²) >= 11 is 6.22. The molecule has 150 valence electrons. The molecule has 0 unspecified atom stereocenters. The molecule has 0 radical (unpaired) electrons. The SMILES string of the molecule is CC(C)(C)c1cc(C(=O)N/N=C/c2cc(Cc3ccccc3Cl)ccc2O)n[nH]1. The van der Waals surface area contributed by atoms with Crippen molar-refractivity contribution in [2.45, 2.75) is 32.6 Å². The van der Waals surface area contributed by atoms with Gasteiger partial charge in [-0.1, -0.05) is 56.6 Å². The van der Waals surface area contributed by atoms with E-state index in [1.54, 1.807) is 18.2 Å². The molecule has 0 aliphatic carbocycles. The number of aromatic nitrogens is 2. The van der Waals surface area contributed by atoms with Gasteiger partial charge < -0.3 is 5.11 Å². The Morgan fingerprint density at radius 3 is 2.69 bits per heavy atom. The molecule has 2 aromatic carbocycles. The number of aromatic amines is 1. The second kappa shape index (κ2) is 8.49. The number of carbonyl (C=O) groups is 1. The molecule has 6 nitrogen and oxygen atoms in total. The minimum atomic E-state index is -0.431. The average molecular weight is 411 g/mol. The number of hydrogen-bond acceptors (Lipinski definition) is 4. The van der Waals surface area contributed by atoms with Crippen LogP contribution in [0.5, 0.6) is 5.75 Å². The largest absolute Gasteiger partial charge is 0.507 e. The highest BCUT2D eigenvalue weighted by Gasteiger charge is 2.19. The van der Waals surface area contributed by atoms with Crippen LogP contribution in [-0.2, 0) is 11.8 Å². The maximum atomic E-state index is 12.2. The van der Waals surface area contributed by atoms with Gasteiger partial charge in [-0.05, 0) is 41.8 Å². The summed E-state index contributed by atoms with van der Waals surface area (Å²) in [6.45, 7) is 6.08. The zero-order valence-corrected chi connectivity index (χ0v) is 17.3. The van der Waals surface area contributed by atoms with E-state index in [0.717, 1.165) is 16.8 Å². The fourth-order valence-electron chi connectivity index (χ4n) is 2.72. The highest BCUT2D eigenvalue weighted by Crippen LogP contribution is 2.23. The third-order valence-electron chi connectivity index (χ3n) is 4.43. The first-order valence-electron chi connectivity index (χ1n) is 9.18. The van der Waals surface area contributed by atoms with Crippen LogP contribution in [0.2, 0.25) is 5.02 Å². The molecule has 0 fully saturated rings. The van der Waals surface area contributed by atoms with Gasteiger partial charge in [-0.15, -0.1) is 0 Å². The number of nitrogens with one attached hydrogen (secondary N) is 2. The molecule has 1 heterocycles. The predicted molar refractivity (Wildman–Crippen MR) is 115 cm³/mol. The highest BCUT2D eigenvalue weighted by molar-refractivity contribution is 6.31. The topological polar surface area (TPSA) is 90.4 Å². The van der Waals surface area contributed by atoms with Gasteiger partial charge in [0, 0.05) is 21.7 Å². The molecule has 0 bridgehead atoms. The third kappa shape index (κ3) is 5.23. The number of nitrogens with zero attached hydrogens (tertiary/aromatic N) is 2. The summed E-state index contributed by atoms with van der Waals surface area (Å²) in [6, 6.07) is 14.5. The van der Waals surface area contributed by atoms with Crippen molar-refractivity contribution in [1.82, 2.24) is 15.6 Å². The number of benzene rings is 2. The van der Waals surface area contributed by atoms with Crippen molar-refractivity contribution < 1.29 is 9.90 Å². The molecular formula is C22H23ClN4O2. The lowest BCUT2D eigenvalue weighted by atomic mass is 9.92. The van der Waals surface area contributed by atoms with E-state index in [0.29, 0.717) is 17.0 Å². The molecule has 0 saturated heterocycles.